The summed E-state index contributed by atoms with van der Waals surface area (Å²) in [7, 11) is 0. The zero-order chi connectivity index (χ0) is 15.6. The Morgan fingerprint density at radius 1 is 1.00 bits per heavy atom. The Balaban J connectivity index is 1.43. The molecular weight excluding hydrogens is 280 g/mol. The first kappa shape index (κ1) is 14.9. The maximum absolute atomic E-state index is 3.42. The van der Waals surface area contributed by atoms with Gasteiger partial charge in [0.15, 0.2) is 0 Å². The molecule has 2 aliphatic heterocycles. The summed E-state index contributed by atoms with van der Waals surface area (Å²) < 4.78 is 0. The molecule has 0 spiro atoms. The third-order valence-corrected chi connectivity index (χ3v) is 5.50. The molecule has 2 aromatic rings. The van der Waals surface area contributed by atoms with E-state index in [1.807, 2.05) is 0 Å². The van der Waals surface area contributed by atoms with Gasteiger partial charge >= 0.3 is 0 Å². The molecule has 0 bridgehead atoms. The first-order valence-corrected chi connectivity index (χ1v) is 8.95. The van der Waals surface area contributed by atoms with Gasteiger partial charge in [-0.3, -0.25) is 0 Å². The van der Waals surface area contributed by atoms with Gasteiger partial charge in [-0.1, -0.05) is 36.4 Å². The molecule has 1 fully saturated rings. The van der Waals surface area contributed by atoms with Gasteiger partial charge in [0.25, 0.3) is 0 Å². The fourth-order valence-electron chi connectivity index (χ4n) is 3.94. The summed E-state index contributed by atoms with van der Waals surface area (Å²) in [6, 6.07) is 16.8. The van der Waals surface area contributed by atoms with Crippen LogP contribution in [0.15, 0.2) is 42.5 Å². The number of nitrogens with one attached hydrogen (secondary N) is 1. The van der Waals surface area contributed by atoms with E-state index in [1.54, 1.807) is 0 Å². The molecule has 4 rings (SSSR count). The van der Waals surface area contributed by atoms with Crippen molar-refractivity contribution >= 4 is 0 Å². The third kappa shape index (κ3) is 3.19. The van der Waals surface area contributed by atoms with Crippen molar-refractivity contribution in [3.05, 3.63) is 59.2 Å². The first-order valence-electron chi connectivity index (χ1n) is 8.95. The first-order chi connectivity index (χ1) is 11.3. The second kappa shape index (κ2) is 6.46. The highest BCUT2D eigenvalue weighted by Crippen LogP contribution is 2.25. The van der Waals surface area contributed by atoms with Crippen LogP contribution in [0, 0.1) is 0 Å². The molecule has 0 amide bonds. The summed E-state index contributed by atoms with van der Waals surface area (Å²) in [5.41, 5.74) is 7.03. The summed E-state index contributed by atoms with van der Waals surface area (Å²) in [5.74, 6) is 0. The predicted octanol–water partition coefficient (Wildman–Crippen LogP) is 3.98. The zero-order valence-corrected chi connectivity index (χ0v) is 14.0. The van der Waals surface area contributed by atoms with Crippen molar-refractivity contribution in [2.75, 3.05) is 13.1 Å². The topological polar surface area (TPSA) is 15.3 Å². The number of hydrogen-bond acceptors (Lipinski definition) is 2. The van der Waals surface area contributed by atoms with Crippen LogP contribution in [0.5, 0.6) is 0 Å². The van der Waals surface area contributed by atoms with Crippen LogP contribution in [0.3, 0.4) is 0 Å². The van der Waals surface area contributed by atoms with Crippen LogP contribution in [0.25, 0.3) is 11.1 Å². The predicted molar refractivity (Wildman–Crippen MR) is 96.4 cm³/mol. The molecule has 2 aromatic carbocycles. The average molecular weight is 306 g/mol. The van der Waals surface area contributed by atoms with Gasteiger partial charge in [0, 0.05) is 25.7 Å². The molecule has 23 heavy (non-hydrogen) atoms. The zero-order valence-electron chi connectivity index (χ0n) is 14.0. The van der Waals surface area contributed by atoms with E-state index in [4.69, 9.17) is 0 Å². The van der Waals surface area contributed by atoms with Crippen LogP contribution in [0.1, 0.15) is 36.5 Å². The quantitative estimate of drug-likeness (QED) is 0.919. The summed E-state index contributed by atoms with van der Waals surface area (Å²) in [6.45, 7) is 6.87. The van der Waals surface area contributed by atoms with Crippen molar-refractivity contribution < 1.29 is 0 Å². The Morgan fingerprint density at radius 3 is 2.57 bits per heavy atom. The standard InChI is InChI=1S/C21H26N2/c1-16-3-2-11-23(16)12-10-17-4-6-18(7-5-17)19-8-9-20-14-22-15-21(20)13-19/h4-9,13,16,22H,2-3,10-12,14-15H2,1H3. The van der Waals surface area contributed by atoms with Crippen molar-refractivity contribution in [1.82, 2.24) is 10.2 Å². The fraction of sp³-hybridized carbons (Fsp3) is 0.429. The van der Waals surface area contributed by atoms with E-state index in [0.29, 0.717) is 0 Å². The fourth-order valence-corrected chi connectivity index (χ4v) is 3.94. The Bertz CT molecular complexity index is 675. The van der Waals surface area contributed by atoms with E-state index in [1.165, 1.54) is 60.2 Å². The Morgan fingerprint density at radius 2 is 1.78 bits per heavy atom. The minimum absolute atomic E-state index is 0.772. The largest absolute Gasteiger partial charge is 0.309 e. The molecule has 2 heteroatoms. The smallest absolute Gasteiger partial charge is 0.0212 e. The molecule has 120 valence electrons. The molecule has 1 N–H and O–H groups in total. The van der Waals surface area contributed by atoms with Crippen LogP contribution in [-0.2, 0) is 19.5 Å². The monoisotopic (exact) mass is 306 g/mol. The number of likely N-dealkylation sites (tertiary alicyclic amines) is 1. The van der Waals surface area contributed by atoms with E-state index in [2.05, 4.69) is 59.6 Å². The number of benzene rings is 2. The second-order valence-electron chi connectivity index (χ2n) is 7.06. The Kier molecular flexibility index (Phi) is 4.19. The number of fused-ring (bicyclic) bond motifs is 1. The molecule has 1 atom stereocenters. The minimum atomic E-state index is 0.772. The maximum atomic E-state index is 3.42. The normalized spacial score (nSPS) is 20.8. The van der Waals surface area contributed by atoms with E-state index in [9.17, 15) is 0 Å². The van der Waals surface area contributed by atoms with Crippen molar-refractivity contribution in [1.29, 1.82) is 0 Å². The Labute approximate surface area is 139 Å². The van der Waals surface area contributed by atoms with Crippen LogP contribution in [0.2, 0.25) is 0 Å². The van der Waals surface area contributed by atoms with Crippen molar-refractivity contribution in [3.63, 3.8) is 0 Å². The van der Waals surface area contributed by atoms with Gasteiger partial charge in [0.2, 0.25) is 0 Å². The molecule has 0 aliphatic carbocycles. The van der Waals surface area contributed by atoms with Crippen LogP contribution >= 0.6 is 0 Å². The van der Waals surface area contributed by atoms with E-state index >= 15 is 0 Å². The van der Waals surface area contributed by atoms with Gasteiger partial charge in [-0.15, -0.1) is 0 Å². The summed E-state index contributed by atoms with van der Waals surface area (Å²) in [5, 5.41) is 3.42. The van der Waals surface area contributed by atoms with E-state index < -0.39 is 0 Å². The van der Waals surface area contributed by atoms with Crippen LogP contribution in [-0.4, -0.2) is 24.0 Å². The lowest BCUT2D eigenvalue weighted by molar-refractivity contribution is 0.272. The molecular formula is C21H26N2. The lowest BCUT2D eigenvalue weighted by atomic mass is 9.99. The molecule has 0 radical (unpaired) electrons. The highest BCUT2D eigenvalue weighted by molar-refractivity contribution is 5.65. The van der Waals surface area contributed by atoms with Gasteiger partial charge in [0.1, 0.15) is 0 Å². The number of rotatable bonds is 4. The van der Waals surface area contributed by atoms with Crippen molar-refractivity contribution in [2.45, 2.75) is 45.3 Å². The highest BCUT2D eigenvalue weighted by Gasteiger charge is 2.19. The average Bonchev–Trinajstić information content (AvgIpc) is 3.21. The molecule has 0 saturated carbocycles. The summed E-state index contributed by atoms with van der Waals surface area (Å²) in [4.78, 5) is 2.63. The SMILES string of the molecule is CC1CCCN1CCc1ccc(-c2ccc3c(c2)CNC3)cc1. The van der Waals surface area contributed by atoms with Crippen molar-refractivity contribution in [2.24, 2.45) is 0 Å². The molecule has 0 aromatic heterocycles. The summed E-state index contributed by atoms with van der Waals surface area (Å²) >= 11 is 0. The third-order valence-electron chi connectivity index (χ3n) is 5.50. The lowest BCUT2D eigenvalue weighted by Gasteiger charge is -2.20. The number of nitrogens with zero attached hydrogens (tertiary/aromatic N) is 1. The minimum Gasteiger partial charge on any atom is -0.309 e. The highest BCUT2D eigenvalue weighted by atomic mass is 15.2. The molecule has 2 nitrogen and oxygen atoms in total. The van der Waals surface area contributed by atoms with Crippen LogP contribution < -0.4 is 5.32 Å². The molecule has 2 heterocycles. The summed E-state index contributed by atoms with van der Waals surface area (Å²) in [6.07, 6.45) is 3.90. The molecule has 1 unspecified atom stereocenters. The van der Waals surface area contributed by atoms with Gasteiger partial charge in [-0.25, -0.2) is 0 Å². The van der Waals surface area contributed by atoms with Crippen molar-refractivity contribution in [3.8, 4) is 11.1 Å². The van der Waals surface area contributed by atoms with Crippen LogP contribution in [0.4, 0.5) is 0 Å². The maximum Gasteiger partial charge on any atom is 0.0212 e. The molecule has 1 saturated heterocycles. The lowest BCUT2D eigenvalue weighted by Crippen LogP contribution is -2.28. The second-order valence-corrected chi connectivity index (χ2v) is 7.06. The Hall–Kier alpha value is -1.64. The van der Waals surface area contributed by atoms with Gasteiger partial charge < -0.3 is 10.2 Å². The number of hydrogen-bond donors (Lipinski definition) is 1. The van der Waals surface area contributed by atoms with Gasteiger partial charge in [0.05, 0.1) is 0 Å². The van der Waals surface area contributed by atoms with E-state index in [-0.39, 0.29) is 0 Å². The van der Waals surface area contributed by atoms with E-state index in [0.717, 1.165) is 19.1 Å². The van der Waals surface area contributed by atoms with Gasteiger partial charge in [-0.05, 0) is 66.6 Å². The molecule has 2 aliphatic rings. The van der Waals surface area contributed by atoms with Gasteiger partial charge in [-0.2, -0.15) is 0 Å².